The fourth-order valence-electron chi connectivity index (χ4n) is 1.03. The average molecular weight is 226 g/mol. The van der Waals surface area contributed by atoms with Crippen LogP contribution >= 0.6 is 11.6 Å². The average Bonchev–Trinajstić information content (AvgIpc) is 2.17. The standard InChI is InChI=1S/C11H12ClNO2/c1-8(12)7-11(14)13-9-3-5-10(15-2)6-4-9/h3-7H,1-2H3,(H,13,14)/b8-7+. The van der Waals surface area contributed by atoms with Crippen molar-refractivity contribution in [3.05, 3.63) is 35.4 Å². The van der Waals surface area contributed by atoms with Gasteiger partial charge in [0, 0.05) is 16.8 Å². The third kappa shape index (κ3) is 4.04. The Morgan fingerprint density at radius 1 is 1.40 bits per heavy atom. The molecule has 0 spiro atoms. The lowest BCUT2D eigenvalue weighted by atomic mass is 10.3. The highest BCUT2D eigenvalue weighted by Crippen LogP contribution is 2.15. The molecule has 0 radical (unpaired) electrons. The summed E-state index contributed by atoms with van der Waals surface area (Å²) in [5, 5.41) is 3.11. The minimum absolute atomic E-state index is 0.243. The molecule has 0 aliphatic heterocycles. The van der Waals surface area contributed by atoms with Crippen molar-refractivity contribution in [1.82, 2.24) is 0 Å². The molecule has 1 rings (SSSR count). The molecule has 1 amide bonds. The number of rotatable bonds is 3. The van der Waals surface area contributed by atoms with E-state index in [-0.39, 0.29) is 5.91 Å². The van der Waals surface area contributed by atoms with Gasteiger partial charge in [0.15, 0.2) is 0 Å². The van der Waals surface area contributed by atoms with Gasteiger partial charge in [0.25, 0.3) is 0 Å². The lowest BCUT2D eigenvalue weighted by molar-refractivity contribution is -0.111. The molecule has 0 saturated heterocycles. The molecule has 1 aromatic carbocycles. The molecular formula is C11H12ClNO2. The molecule has 0 bridgehead atoms. The summed E-state index contributed by atoms with van der Waals surface area (Å²) in [6.07, 6.45) is 1.33. The maximum absolute atomic E-state index is 11.3. The van der Waals surface area contributed by atoms with Gasteiger partial charge >= 0.3 is 0 Å². The van der Waals surface area contributed by atoms with Crippen LogP contribution < -0.4 is 10.1 Å². The van der Waals surface area contributed by atoms with E-state index in [1.54, 1.807) is 38.3 Å². The third-order valence-electron chi connectivity index (χ3n) is 1.69. The van der Waals surface area contributed by atoms with Gasteiger partial charge in [-0.15, -0.1) is 0 Å². The number of amides is 1. The SMILES string of the molecule is COc1ccc(NC(=O)/C=C(\C)Cl)cc1. The van der Waals surface area contributed by atoms with Crippen molar-refractivity contribution < 1.29 is 9.53 Å². The smallest absolute Gasteiger partial charge is 0.249 e. The maximum atomic E-state index is 11.3. The number of ether oxygens (including phenoxy) is 1. The van der Waals surface area contributed by atoms with Gasteiger partial charge in [-0.1, -0.05) is 11.6 Å². The molecule has 0 saturated carbocycles. The number of halogens is 1. The summed E-state index contributed by atoms with van der Waals surface area (Å²) in [5.74, 6) is 0.504. The van der Waals surface area contributed by atoms with Crippen molar-refractivity contribution in [3.63, 3.8) is 0 Å². The van der Waals surface area contributed by atoms with E-state index in [4.69, 9.17) is 16.3 Å². The largest absolute Gasteiger partial charge is 0.497 e. The van der Waals surface area contributed by atoms with Crippen LogP contribution in [0.5, 0.6) is 5.75 Å². The first-order valence-corrected chi connectivity index (χ1v) is 4.78. The normalized spacial score (nSPS) is 11.0. The van der Waals surface area contributed by atoms with Gasteiger partial charge in [0.1, 0.15) is 5.75 Å². The number of carbonyl (C=O) groups is 1. The Morgan fingerprint density at radius 2 is 2.00 bits per heavy atom. The van der Waals surface area contributed by atoms with E-state index >= 15 is 0 Å². The van der Waals surface area contributed by atoms with Crippen molar-refractivity contribution in [2.24, 2.45) is 0 Å². The topological polar surface area (TPSA) is 38.3 Å². The summed E-state index contributed by atoms with van der Waals surface area (Å²) in [4.78, 5) is 11.3. The van der Waals surface area contributed by atoms with Gasteiger partial charge in [-0.25, -0.2) is 0 Å². The van der Waals surface area contributed by atoms with Gasteiger partial charge < -0.3 is 10.1 Å². The van der Waals surface area contributed by atoms with Gasteiger partial charge in [-0.3, -0.25) is 4.79 Å². The van der Waals surface area contributed by atoms with Gasteiger partial charge in [0.05, 0.1) is 7.11 Å². The van der Waals surface area contributed by atoms with Crippen LogP contribution in [0, 0.1) is 0 Å². The second-order valence-corrected chi connectivity index (χ2v) is 3.55. The molecule has 15 heavy (non-hydrogen) atoms. The molecule has 0 fully saturated rings. The lowest BCUT2D eigenvalue weighted by Gasteiger charge is -2.03. The molecule has 4 heteroatoms. The molecule has 0 aliphatic carbocycles. The third-order valence-corrected chi connectivity index (χ3v) is 1.80. The Morgan fingerprint density at radius 3 is 2.47 bits per heavy atom. The second-order valence-electron chi connectivity index (χ2n) is 2.95. The predicted octanol–water partition coefficient (Wildman–Crippen LogP) is 2.78. The summed E-state index contributed by atoms with van der Waals surface area (Å²) < 4.78 is 4.99. The van der Waals surface area contributed by atoms with Crippen LogP contribution in [0.4, 0.5) is 5.69 Å². The Balaban J connectivity index is 2.65. The highest BCUT2D eigenvalue weighted by Gasteiger charge is 1.98. The zero-order valence-electron chi connectivity index (χ0n) is 8.58. The van der Waals surface area contributed by atoms with E-state index in [0.717, 1.165) is 5.75 Å². The first-order valence-electron chi connectivity index (χ1n) is 4.40. The number of nitrogens with one attached hydrogen (secondary N) is 1. The van der Waals surface area contributed by atoms with Gasteiger partial charge in [0.2, 0.25) is 5.91 Å². The lowest BCUT2D eigenvalue weighted by Crippen LogP contribution is -2.07. The van der Waals surface area contributed by atoms with Crippen LogP contribution in [-0.4, -0.2) is 13.0 Å². The van der Waals surface area contributed by atoms with Crippen molar-refractivity contribution in [1.29, 1.82) is 0 Å². The fourth-order valence-corrected chi connectivity index (χ4v) is 1.13. The van der Waals surface area contributed by atoms with E-state index in [0.29, 0.717) is 10.7 Å². The minimum atomic E-state index is -0.243. The van der Waals surface area contributed by atoms with E-state index in [9.17, 15) is 4.79 Å². The zero-order chi connectivity index (χ0) is 11.3. The summed E-state index contributed by atoms with van der Waals surface area (Å²) in [6.45, 7) is 1.65. The number of methoxy groups -OCH3 is 1. The van der Waals surface area contributed by atoms with Crippen molar-refractivity contribution in [2.75, 3.05) is 12.4 Å². The molecule has 0 heterocycles. The van der Waals surface area contributed by atoms with Crippen molar-refractivity contribution >= 4 is 23.2 Å². The zero-order valence-corrected chi connectivity index (χ0v) is 9.34. The van der Waals surface area contributed by atoms with E-state index in [1.165, 1.54) is 6.08 Å². The molecule has 1 aromatic rings. The minimum Gasteiger partial charge on any atom is -0.497 e. The Kier molecular flexibility index (Phi) is 4.18. The molecule has 80 valence electrons. The molecule has 0 atom stereocenters. The van der Waals surface area contributed by atoms with Crippen molar-refractivity contribution in [3.8, 4) is 5.75 Å². The van der Waals surface area contributed by atoms with E-state index in [2.05, 4.69) is 5.32 Å². The second kappa shape index (κ2) is 5.41. The van der Waals surface area contributed by atoms with Gasteiger partial charge in [-0.2, -0.15) is 0 Å². The van der Waals surface area contributed by atoms with Crippen molar-refractivity contribution in [2.45, 2.75) is 6.92 Å². The number of carbonyl (C=O) groups excluding carboxylic acids is 1. The van der Waals surface area contributed by atoms with E-state index in [1.807, 2.05) is 0 Å². The highest BCUT2D eigenvalue weighted by molar-refractivity contribution is 6.31. The number of allylic oxidation sites excluding steroid dienone is 1. The summed E-state index contributed by atoms with van der Waals surface area (Å²) in [6, 6.07) is 7.06. The molecule has 0 aromatic heterocycles. The quantitative estimate of drug-likeness (QED) is 0.804. The highest BCUT2D eigenvalue weighted by atomic mass is 35.5. The van der Waals surface area contributed by atoms with Crippen LogP contribution in [0.3, 0.4) is 0 Å². The first kappa shape index (κ1) is 11.6. The Bertz CT molecular complexity index is 367. The summed E-state index contributed by atoms with van der Waals surface area (Å²) >= 11 is 5.57. The van der Waals surface area contributed by atoms with Gasteiger partial charge in [-0.05, 0) is 31.2 Å². The van der Waals surface area contributed by atoms with Crippen LogP contribution in [-0.2, 0) is 4.79 Å². The maximum Gasteiger partial charge on any atom is 0.249 e. The fraction of sp³-hybridized carbons (Fsp3) is 0.182. The Hall–Kier alpha value is -1.48. The number of anilines is 1. The first-order chi connectivity index (χ1) is 7.11. The monoisotopic (exact) mass is 225 g/mol. The number of benzene rings is 1. The molecular weight excluding hydrogens is 214 g/mol. The number of hydrogen-bond acceptors (Lipinski definition) is 2. The van der Waals surface area contributed by atoms with E-state index < -0.39 is 0 Å². The Labute approximate surface area is 93.7 Å². The van der Waals surface area contributed by atoms with Crippen LogP contribution in [0.15, 0.2) is 35.4 Å². The van der Waals surface area contributed by atoms with Crippen LogP contribution in [0.2, 0.25) is 0 Å². The molecule has 0 unspecified atom stereocenters. The van der Waals surface area contributed by atoms with Crippen LogP contribution in [0.1, 0.15) is 6.92 Å². The molecule has 1 N–H and O–H groups in total. The number of hydrogen-bond donors (Lipinski definition) is 1. The molecule has 0 aliphatic rings. The molecule has 3 nitrogen and oxygen atoms in total. The summed E-state index contributed by atoms with van der Waals surface area (Å²) in [7, 11) is 1.59. The van der Waals surface area contributed by atoms with Crippen LogP contribution in [0.25, 0.3) is 0 Å². The summed E-state index contributed by atoms with van der Waals surface area (Å²) in [5.41, 5.74) is 0.704. The predicted molar refractivity (Wildman–Crippen MR) is 61.2 cm³/mol.